The molecule has 2 aromatic heterocycles. The predicted octanol–water partition coefficient (Wildman–Crippen LogP) is 6.82. The summed E-state index contributed by atoms with van der Waals surface area (Å²) in [5.74, 6) is 1.18. The Bertz CT molecular complexity index is 1570. The third-order valence-corrected chi connectivity index (χ3v) is 8.19. The van der Waals surface area contributed by atoms with Crippen LogP contribution in [0.4, 0.5) is 0 Å². The number of amidine groups is 2. The van der Waals surface area contributed by atoms with E-state index in [1.165, 1.54) is 25.7 Å². The van der Waals surface area contributed by atoms with Crippen molar-refractivity contribution in [3.63, 3.8) is 0 Å². The Morgan fingerprint density at radius 1 is 0.605 bits per heavy atom. The Morgan fingerprint density at radius 3 is 1.37 bits per heavy atom. The highest BCUT2D eigenvalue weighted by Gasteiger charge is 2.29. The van der Waals surface area contributed by atoms with Crippen molar-refractivity contribution in [2.75, 3.05) is 14.1 Å². The summed E-state index contributed by atoms with van der Waals surface area (Å²) < 4.78 is 0. The highest BCUT2D eigenvalue weighted by molar-refractivity contribution is 6.01. The van der Waals surface area contributed by atoms with Crippen molar-refractivity contribution in [3.8, 4) is 22.5 Å². The van der Waals surface area contributed by atoms with Gasteiger partial charge in [0.25, 0.3) is 0 Å². The molecule has 190 valence electrons. The maximum absolute atomic E-state index is 8.56. The minimum atomic E-state index is 0.526. The first kappa shape index (κ1) is 22.8. The topological polar surface area (TPSA) is 85.8 Å². The van der Waals surface area contributed by atoms with Crippen molar-refractivity contribution in [2.24, 2.45) is 0 Å². The van der Waals surface area contributed by atoms with E-state index >= 15 is 0 Å². The van der Waals surface area contributed by atoms with Crippen molar-refractivity contribution in [2.45, 2.75) is 37.8 Å². The lowest BCUT2D eigenvalue weighted by atomic mass is 10.1. The minimum Gasteiger partial charge on any atom is -0.357 e. The van der Waals surface area contributed by atoms with Gasteiger partial charge in [0.15, 0.2) is 0 Å². The number of hydrogen-bond acceptors (Lipinski definition) is 2. The van der Waals surface area contributed by atoms with Gasteiger partial charge in [0, 0.05) is 70.5 Å². The van der Waals surface area contributed by atoms with Crippen molar-refractivity contribution in [3.05, 3.63) is 83.9 Å². The van der Waals surface area contributed by atoms with Crippen molar-refractivity contribution in [1.82, 2.24) is 19.8 Å². The molecule has 6 heteroatoms. The normalized spacial score (nSPS) is 15.2. The van der Waals surface area contributed by atoms with Crippen LogP contribution in [0.1, 0.15) is 36.8 Å². The second kappa shape index (κ2) is 8.62. The number of aromatic nitrogens is 2. The first-order valence-electron chi connectivity index (χ1n) is 13.4. The van der Waals surface area contributed by atoms with E-state index < -0.39 is 0 Å². The van der Waals surface area contributed by atoms with Gasteiger partial charge < -0.3 is 19.8 Å². The number of hydrogen-bond donors (Lipinski definition) is 4. The van der Waals surface area contributed by atoms with Gasteiger partial charge in [-0.05, 0) is 61.1 Å². The lowest BCUT2D eigenvalue weighted by Crippen LogP contribution is -2.28. The van der Waals surface area contributed by atoms with E-state index in [1.54, 1.807) is 0 Å². The van der Waals surface area contributed by atoms with Gasteiger partial charge in [-0.3, -0.25) is 10.8 Å². The van der Waals surface area contributed by atoms with Crippen LogP contribution in [0.25, 0.3) is 44.3 Å². The number of benzene rings is 3. The van der Waals surface area contributed by atoms with Crippen LogP contribution in [-0.4, -0.2) is 57.6 Å². The molecule has 2 fully saturated rings. The molecule has 4 N–H and O–H groups in total. The molecule has 7 rings (SSSR count). The first-order chi connectivity index (χ1) is 18.4. The van der Waals surface area contributed by atoms with E-state index in [0.29, 0.717) is 23.8 Å². The summed E-state index contributed by atoms with van der Waals surface area (Å²) in [6.07, 6.45) is 4.75. The third kappa shape index (κ3) is 4.06. The standard InChI is InChI=1S/C32H32N6/c1-37(25-11-12-25)31(33)23-9-7-21-15-27(35-29(21)17-23)19-3-5-20(6-4-19)28-16-22-8-10-24(18-30(22)36-28)32(34)38(2)26-13-14-26/h3-10,15-18,25-26,33-36H,11-14H2,1-2H3. The van der Waals surface area contributed by atoms with Gasteiger partial charge in [0.2, 0.25) is 0 Å². The summed E-state index contributed by atoms with van der Waals surface area (Å²) >= 11 is 0. The Morgan fingerprint density at radius 2 is 1.00 bits per heavy atom. The van der Waals surface area contributed by atoms with Gasteiger partial charge in [-0.15, -0.1) is 0 Å². The average Bonchev–Trinajstić information content (AvgIpc) is 3.88. The summed E-state index contributed by atoms with van der Waals surface area (Å²) in [6.45, 7) is 0. The fourth-order valence-corrected chi connectivity index (χ4v) is 5.39. The summed E-state index contributed by atoms with van der Waals surface area (Å²) in [5.41, 5.74) is 8.42. The lowest BCUT2D eigenvalue weighted by Gasteiger charge is -2.19. The molecule has 6 nitrogen and oxygen atoms in total. The van der Waals surface area contributed by atoms with E-state index in [1.807, 2.05) is 14.1 Å². The molecule has 0 saturated heterocycles. The number of nitrogens with one attached hydrogen (secondary N) is 4. The molecular weight excluding hydrogens is 468 g/mol. The summed E-state index contributed by atoms with van der Waals surface area (Å²) in [4.78, 5) is 11.3. The Balaban J connectivity index is 1.12. The fourth-order valence-electron chi connectivity index (χ4n) is 5.39. The van der Waals surface area contributed by atoms with Crippen LogP contribution < -0.4 is 0 Å². The number of H-pyrrole nitrogens is 2. The first-order valence-corrected chi connectivity index (χ1v) is 13.4. The molecule has 0 radical (unpaired) electrons. The molecule has 0 amide bonds. The van der Waals surface area contributed by atoms with Crippen molar-refractivity contribution in [1.29, 1.82) is 10.8 Å². The maximum Gasteiger partial charge on any atom is 0.128 e. The monoisotopic (exact) mass is 500 g/mol. The second-order valence-corrected chi connectivity index (χ2v) is 10.9. The maximum atomic E-state index is 8.56. The van der Waals surface area contributed by atoms with Gasteiger partial charge in [-0.1, -0.05) is 48.5 Å². The number of rotatable bonds is 6. The Hall–Kier alpha value is -4.32. The molecule has 38 heavy (non-hydrogen) atoms. The molecule has 2 aliphatic rings. The molecule has 2 heterocycles. The van der Waals surface area contributed by atoms with Crippen LogP contribution in [0.3, 0.4) is 0 Å². The number of nitrogens with zero attached hydrogens (tertiary/aromatic N) is 2. The third-order valence-electron chi connectivity index (χ3n) is 8.19. The Kier molecular flexibility index (Phi) is 5.18. The van der Waals surface area contributed by atoms with Gasteiger partial charge in [0.1, 0.15) is 11.7 Å². The van der Waals surface area contributed by atoms with Gasteiger partial charge in [-0.2, -0.15) is 0 Å². The molecule has 0 bridgehead atoms. The predicted molar refractivity (Wildman–Crippen MR) is 156 cm³/mol. The van der Waals surface area contributed by atoms with Crippen LogP contribution in [0.15, 0.2) is 72.8 Å². The van der Waals surface area contributed by atoms with E-state index in [2.05, 4.69) is 92.6 Å². The number of aromatic amines is 2. The Labute approximate surface area is 222 Å². The molecule has 0 unspecified atom stereocenters. The molecule has 2 aliphatic carbocycles. The van der Waals surface area contributed by atoms with Gasteiger partial charge in [-0.25, -0.2) is 0 Å². The zero-order chi connectivity index (χ0) is 26.0. The summed E-state index contributed by atoms with van der Waals surface area (Å²) in [5, 5.41) is 19.4. The van der Waals surface area contributed by atoms with Crippen molar-refractivity contribution >= 4 is 33.5 Å². The molecule has 0 aliphatic heterocycles. The highest BCUT2D eigenvalue weighted by atomic mass is 15.2. The molecule has 0 atom stereocenters. The highest BCUT2D eigenvalue weighted by Crippen LogP contribution is 2.31. The number of fused-ring (bicyclic) bond motifs is 2. The second-order valence-electron chi connectivity index (χ2n) is 10.9. The molecule has 0 spiro atoms. The van der Waals surface area contributed by atoms with E-state index in [-0.39, 0.29) is 0 Å². The SMILES string of the molecule is CN(C(=N)c1ccc2cc(-c3ccc(-c4cc5ccc(C(=N)N(C)C6CC6)cc5[nH]4)cc3)[nH]c2c1)C1CC1. The van der Waals surface area contributed by atoms with E-state index in [0.717, 1.165) is 55.4 Å². The van der Waals surface area contributed by atoms with Crippen LogP contribution in [-0.2, 0) is 0 Å². The quantitative estimate of drug-likeness (QED) is 0.152. The summed E-state index contributed by atoms with van der Waals surface area (Å²) in [6, 6.07) is 26.5. The molecule has 5 aromatic rings. The van der Waals surface area contributed by atoms with Gasteiger partial charge in [0.05, 0.1) is 0 Å². The van der Waals surface area contributed by atoms with Crippen LogP contribution in [0, 0.1) is 10.8 Å². The largest absolute Gasteiger partial charge is 0.357 e. The van der Waals surface area contributed by atoms with Crippen LogP contribution >= 0.6 is 0 Å². The fraction of sp³-hybridized carbons (Fsp3) is 0.250. The average molecular weight is 501 g/mol. The van der Waals surface area contributed by atoms with Crippen LogP contribution in [0.5, 0.6) is 0 Å². The lowest BCUT2D eigenvalue weighted by molar-refractivity contribution is 0.493. The molecule has 3 aromatic carbocycles. The molecule has 2 saturated carbocycles. The van der Waals surface area contributed by atoms with E-state index in [4.69, 9.17) is 10.8 Å². The zero-order valence-electron chi connectivity index (χ0n) is 21.8. The van der Waals surface area contributed by atoms with Gasteiger partial charge >= 0.3 is 0 Å². The smallest absolute Gasteiger partial charge is 0.128 e. The zero-order valence-corrected chi connectivity index (χ0v) is 21.8. The van der Waals surface area contributed by atoms with Crippen LogP contribution in [0.2, 0.25) is 0 Å². The summed E-state index contributed by atoms with van der Waals surface area (Å²) in [7, 11) is 4.05. The van der Waals surface area contributed by atoms with Crippen molar-refractivity contribution < 1.29 is 0 Å². The molecular formula is C32H32N6. The van der Waals surface area contributed by atoms with E-state index in [9.17, 15) is 0 Å². The minimum absolute atomic E-state index is 0.526.